The Morgan fingerprint density at radius 1 is 1.57 bits per heavy atom. The van der Waals surface area contributed by atoms with E-state index in [1.165, 1.54) is 0 Å². The molecule has 0 aliphatic rings. The van der Waals surface area contributed by atoms with E-state index in [0.717, 1.165) is 0 Å². The molecule has 0 bridgehead atoms. The van der Waals surface area contributed by atoms with Crippen LogP contribution in [0.2, 0.25) is 13.1 Å². The molecule has 0 atom stereocenters. The summed E-state index contributed by atoms with van der Waals surface area (Å²) in [6, 6.07) is 0. The van der Waals surface area contributed by atoms with Crippen LogP contribution in [0.15, 0.2) is 0 Å². The molecule has 0 unspecified atom stereocenters. The zero-order chi connectivity index (χ0) is 5.21. The van der Waals surface area contributed by atoms with Crippen LogP contribution in [0.5, 0.6) is 0 Å². The van der Waals surface area contributed by atoms with E-state index in [2.05, 4.69) is 12.1 Å². The van der Waals surface area contributed by atoms with Crippen LogP contribution in [0.4, 0.5) is 0 Å². The van der Waals surface area contributed by atoms with Crippen molar-refractivity contribution in [2.45, 2.75) is 13.1 Å². The second-order valence-electron chi connectivity index (χ2n) is 2.03. The van der Waals surface area contributed by atoms with Gasteiger partial charge in [-0.05, 0) is 8.07 Å². The Kier molecular flexibility index (Phi) is 5.02. The van der Waals surface area contributed by atoms with Gasteiger partial charge in [-0.1, -0.05) is 13.1 Å². The topological polar surface area (TPSA) is 0 Å². The normalized spacial score (nSPS) is 8.86. The molecule has 0 aromatic rings. The average Bonchev–Trinajstić information content (AvgIpc) is 1.35. The van der Waals surface area contributed by atoms with Crippen LogP contribution in [-0.2, 0) is 0 Å². The third kappa shape index (κ3) is 10.7. The van der Waals surface area contributed by atoms with Crippen molar-refractivity contribution < 1.29 is 18.9 Å². The van der Waals surface area contributed by atoms with Gasteiger partial charge in [0.1, 0.15) is 0 Å². The molecule has 34 valence electrons. The fourth-order valence-electron chi connectivity index (χ4n) is 0. The zero-order valence-corrected chi connectivity index (χ0v) is 6.28. The van der Waals surface area contributed by atoms with Crippen molar-refractivity contribution in [1.82, 2.24) is 0 Å². The molecule has 7 heavy (non-hydrogen) atoms. The van der Waals surface area contributed by atoms with Crippen molar-refractivity contribution >= 4 is 8.07 Å². The predicted molar refractivity (Wildman–Crippen MR) is 31.7 cm³/mol. The quantitative estimate of drug-likeness (QED) is 0.194. The molecule has 0 heterocycles. The minimum Gasteiger partial charge on any atom is -0.331 e. The summed E-state index contributed by atoms with van der Waals surface area (Å²) in [6.45, 7) is 7.86. The third-order valence-electron chi connectivity index (χ3n) is 0.391. The molecule has 0 aromatic carbocycles. The van der Waals surface area contributed by atoms with E-state index in [0.29, 0.717) is 0 Å². The van der Waals surface area contributed by atoms with Gasteiger partial charge in [0.15, 0.2) is 0 Å². The van der Waals surface area contributed by atoms with Crippen LogP contribution in [0.3, 0.4) is 0 Å². The van der Waals surface area contributed by atoms with Crippen LogP contribution < -0.4 is 18.9 Å². The molecule has 0 radical (unpaired) electrons. The van der Waals surface area contributed by atoms with Crippen molar-refractivity contribution in [3.8, 4) is 12.0 Å². The maximum absolute atomic E-state index is 5.05. The van der Waals surface area contributed by atoms with Crippen molar-refractivity contribution in [2.75, 3.05) is 0 Å². The first-order valence-corrected chi connectivity index (χ1v) is 5.10. The summed E-state index contributed by atoms with van der Waals surface area (Å²) in [7, 11) is -1.35. The summed E-state index contributed by atoms with van der Waals surface area (Å²) < 4.78 is 0. The summed E-state index contributed by atoms with van der Waals surface area (Å²) in [5.74, 6) is 0. The van der Waals surface area contributed by atoms with Crippen molar-refractivity contribution in [3.05, 3.63) is 6.55 Å². The first-order valence-electron chi connectivity index (χ1n) is 1.89. The Morgan fingerprint density at radius 2 is 1.71 bits per heavy atom. The van der Waals surface area contributed by atoms with Crippen LogP contribution in [0.1, 0.15) is 0 Å². The third-order valence-corrected chi connectivity index (χ3v) is 1.17. The number of terminal acetylenes is 1. The molecule has 0 rings (SSSR count). The molecule has 0 nitrogen and oxygen atoms in total. The monoisotopic (exact) mass is 104 g/mol. The summed E-state index contributed by atoms with van der Waals surface area (Å²) in [5, 5.41) is 0. The standard InChI is InChI=1S/C5H9Si.Li/c1-5-6(2,3)4;/h1H,2H2,3-4H3;/q-1;+1. The Labute approximate surface area is 58.9 Å². The van der Waals surface area contributed by atoms with E-state index in [1.54, 1.807) is 0 Å². The fourth-order valence-corrected chi connectivity index (χ4v) is 0. The SMILES string of the molecule is C#C[Si]([CH2-])(C)C.[Li+]. The molecule has 0 spiro atoms. The Hall–Kier alpha value is 0.374. The molecule has 0 aromatic heterocycles. The molecule has 0 fully saturated rings. The van der Waals surface area contributed by atoms with Crippen LogP contribution >= 0.6 is 0 Å². The minimum absolute atomic E-state index is 0. The molecule has 2 heteroatoms. The second kappa shape index (κ2) is 3.39. The van der Waals surface area contributed by atoms with Gasteiger partial charge in [-0.3, -0.25) is 0 Å². The van der Waals surface area contributed by atoms with Gasteiger partial charge in [0.25, 0.3) is 0 Å². The maximum Gasteiger partial charge on any atom is 1.00 e. The molecule has 0 aliphatic heterocycles. The van der Waals surface area contributed by atoms with Gasteiger partial charge in [-0.25, -0.2) is 0 Å². The molecular weight excluding hydrogens is 95.1 g/mol. The molecular formula is C5H9LiSi. The van der Waals surface area contributed by atoms with Crippen molar-refractivity contribution in [3.63, 3.8) is 0 Å². The van der Waals surface area contributed by atoms with Gasteiger partial charge in [-0.15, -0.1) is 6.42 Å². The van der Waals surface area contributed by atoms with Gasteiger partial charge < -0.3 is 6.55 Å². The van der Waals surface area contributed by atoms with Gasteiger partial charge in [0.2, 0.25) is 0 Å². The predicted octanol–water partition coefficient (Wildman–Crippen LogP) is -1.76. The summed E-state index contributed by atoms with van der Waals surface area (Å²) in [5.41, 5.74) is 2.63. The van der Waals surface area contributed by atoms with E-state index >= 15 is 0 Å². The van der Waals surface area contributed by atoms with Gasteiger partial charge >= 0.3 is 18.9 Å². The van der Waals surface area contributed by atoms with Crippen LogP contribution in [-0.4, -0.2) is 8.07 Å². The summed E-state index contributed by atoms with van der Waals surface area (Å²) in [6.07, 6.45) is 5.05. The van der Waals surface area contributed by atoms with Gasteiger partial charge in [0, 0.05) is 0 Å². The van der Waals surface area contributed by atoms with Crippen molar-refractivity contribution in [1.29, 1.82) is 0 Å². The van der Waals surface area contributed by atoms with Crippen molar-refractivity contribution in [2.24, 2.45) is 0 Å². The Bertz CT molecular complexity index is 75.1. The summed E-state index contributed by atoms with van der Waals surface area (Å²) >= 11 is 0. The van der Waals surface area contributed by atoms with E-state index in [4.69, 9.17) is 6.42 Å². The van der Waals surface area contributed by atoms with Crippen LogP contribution in [0, 0.1) is 18.5 Å². The number of rotatable bonds is 0. The zero-order valence-electron chi connectivity index (χ0n) is 5.28. The number of hydrogen-bond donors (Lipinski definition) is 0. The van der Waals surface area contributed by atoms with E-state index < -0.39 is 8.07 Å². The molecule has 0 saturated heterocycles. The van der Waals surface area contributed by atoms with E-state index in [9.17, 15) is 0 Å². The first kappa shape index (κ1) is 10.4. The van der Waals surface area contributed by atoms with Gasteiger partial charge in [-0.2, -0.15) is 5.54 Å². The van der Waals surface area contributed by atoms with E-state index in [1.807, 2.05) is 13.1 Å². The maximum atomic E-state index is 5.05. The second-order valence-corrected chi connectivity index (χ2v) is 6.08. The first-order chi connectivity index (χ1) is 2.56. The molecule has 0 saturated carbocycles. The Morgan fingerprint density at radius 3 is 1.71 bits per heavy atom. The van der Waals surface area contributed by atoms with Crippen LogP contribution in [0.25, 0.3) is 0 Å². The molecule has 0 N–H and O–H groups in total. The summed E-state index contributed by atoms with van der Waals surface area (Å²) in [4.78, 5) is 0. The van der Waals surface area contributed by atoms with Gasteiger partial charge in [0.05, 0.1) is 0 Å². The van der Waals surface area contributed by atoms with E-state index in [-0.39, 0.29) is 18.9 Å². The largest absolute Gasteiger partial charge is 1.00 e. The number of hydrogen-bond acceptors (Lipinski definition) is 0. The Balaban J connectivity index is 0. The average molecular weight is 104 g/mol. The molecule has 0 aliphatic carbocycles. The fraction of sp³-hybridized carbons (Fsp3) is 0.400. The minimum atomic E-state index is -1.35. The smallest absolute Gasteiger partial charge is 0.331 e. The molecule has 0 amide bonds.